The van der Waals surface area contributed by atoms with Crippen LogP contribution in [0.1, 0.15) is 36.8 Å². The molecule has 0 amide bonds. The summed E-state index contributed by atoms with van der Waals surface area (Å²) < 4.78 is 15.3. The van der Waals surface area contributed by atoms with Crippen LogP contribution in [0.15, 0.2) is 24.5 Å². The first-order valence-corrected chi connectivity index (χ1v) is 6.53. The van der Waals surface area contributed by atoms with Crippen LogP contribution in [0.5, 0.6) is 0 Å². The van der Waals surface area contributed by atoms with Crippen molar-refractivity contribution < 1.29 is 4.39 Å². The predicted octanol–water partition coefficient (Wildman–Crippen LogP) is 2.44. The molecule has 102 valence electrons. The Labute approximate surface area is 112 Å². The quantitative estimate of drug-likeness (QED) is 0.900. The van der Waals surface area contributed by atoms with Gasteiger partial charge in [0.2, 0.25) is 0 Å². The van der Waals surface area contributed by atoms with Gasteiger partial charge in [0.1, 0.15) is 5.82 Å². The maximum atomic E-state index is 13.4. The molecular weight excluding hydrogens is 243 g/mol. The van der Waals surface area contributed by atoms with Crippen LogP contribution in [0.4, 0.5) is 4.39 Å². The SMILES string of the molecule is CCNC(c1cncc(F)c1)c1cc(C)nn1CC. The summed E-state index contributed by atoms with van der Waals surface area (Å²) in [5.41, 5.74) is 2.81. The van der Waals surface area contributed by atoms with Crippen molar-refractivity contribution in [3.8, 4) is 0 Å². The number of nitrogens with one attached hydrogen (secondary N) is 1. The van der Waals surface area contributed by atoms with Gasteiger partial charge in [-0.25, -0.2) is 4.39 Å². The minimum atomic E-state index is -0.320. The minimum absolute atomic E-state index is 0.0886. The number of hydrogen-bond acceptors (Lipinski definition) is 3. The third-order valence-corrected chi connectivity index (χ3v) is 3.00. The van der Waals surface area contributed by atoms with Crippen LogP contribution in [0, 0.1) is 12.7 Å². The zero-order valence-electron chi connectivity index (χ0n) is 11.5. The molecule has 1 N–H and O–H groups in total. The lowest BCUT2D eigenvalue weighted by Gasteiger charge is -2.19. The molecule has 0 bridgehead atoms. The highest BCUT2D eigenvalue weighted by atomic mass is 19.1. The van der Waals surface area contributed by atoms with Gasteiger partial charge < -0.3 is 5.32 Å². The highest BCUT2D eigenvalue weighted by Gasteiger charge is 2.19. The van der Waals surface area contributed by atoms with E-state index in [0.29, 0.717) is 0 Å². The van der Waals surface area contributed by atoms with E-state index in [0.717, 1.165) is 30.0 Å². The van der Waals surface area contributed by atoms with Crippen molar-refractivity contribution in [1.29, 1.82) is 0 Å². The van der Waals surface area contributed by atoms with Gasteiger partial charge >= 0.3 is 0 Å². The summed E-state index contributed by atoms with van der Waals surface area (Å²) in [5.74, 6) is -0.320. The number of aromatic nitrogens is 3. The molecule has 0 fully saturated rings. The lowest BCUT2D eigenvalue weighted by atomic mass is 10.1. The van der Waals surface area contributed by atoms with E-state index >= 15 is 0 Å². The summed E-state index contributed by atoms with van der Waals surface area (Å²) in [4.78, 5) is 3.93. The third kappa shape index (κ3) is 2.98. The van der Waals surface area contributed by atoms with Crippen LogP contribution in [0.3, 0.4) is 0 Å². The minimum Gasteiger partial charge on any atom is -0.305 e. The molecule has 0 saturated carbocycles. The van der Waals surface area contributed by atoms with E-state index in [1.165, 1.54) is 12.3 Å². The average molecular weight is 262 g/mol. The fourth-order valence-corrected chi connectivity index (χ4v) is 2.23. The molecule has 2 heterocycles. The molecule has 0 aliphatic heterocycles. The lowest BCUT2D eigenvalue weighted by molar-refractivity contribution is 0.535. The summed E-state index contributed by atoms with van der Waals surface area (Å²) in [6.07, 6.45) is 2.91. The second kappa shape index (κ2) is 5.93. The number of pyridine rings is 1. The largest absolute Gasteiger partial charge is 0.305 e. The van der Waals surface area contributed by atoms with Gasteiger partial charge in [-0.2, -0.15) is 5.10 Å². The van der Waals surface area contributed by atoms with E-state index in [1.807, 2.05) is 31.5 Å². The molecule has 0 saturated heterocycles. The molecular formula is C14H19FN4. The highest BCUT2D eigenvalue weighted by molar-refractivity contribution is 5.27. The van der Waals surface area contributed by atoms with Gasteiger partial charge in [0.05, 0.1) is 23.6 Å². The van der Waals surface area contributed by atoms with Gasteiger partial charge in [0.25, 0.3) is 0 Å². The molecule has 0 spiro atoms. The van der Waals surface area contributed by atoms with E-state index in [2.05, 4.69) is 15.4 Å². The first-order chi connectivity index (χ1) is 9.15. The first-order valence-electron chi connectivity index (χ1n) is 6.53. The molecule has 4 nitrogen and oxygen atoms in total. The van der Waals surface area contributed by atoms with Crippen LogP contribution in [0.2, 0.25) is 0 Å². The highest BCUT2D eigenvalue weighted by Crippen LogP contribution is 2.22. The summed E-state index contributed by atoms with van der Waals surface area (Å²) in [6.45, 7) is 7.60. The van der Waals surface area contributed by atoms with Crippen LogP contribution >= 0.6 is 0 Å². The Balaban J connectivity index is 2.44. The van der Waals surface area contributed by atoms with E-state index in [1.54, 1.807) is 6.20 Å². The van der Waals surface area contributed by atoms with Crippen molar-refractivity contribution >= 4 is 0 Å². The van der Waals surface area contributed by atoms with Crippen molar-refractivity contribution in [1.82, 2.24) is 20.1 Å². The van der Waals surface area contributed by atoms with Crippen molar-refractivity contribution in [2.24, 2.45) is 0 Å². The molecule has 5 heteroatoms. The molecule has 2 aromatic heterocycles. The fraction of sp³-hybridized carbons (Fsp3) is 0.429. The topological polar surface area (TPSA) is 42.7 Å². The number of halogens is 1. The van der Waals surface area contributed by atoms with Gasteiger partial charge in [-0.1, -0.05) is 6.92 Å². The maximum Gasteiger partial charge on any atom is 0.141 e. The van der Waals surface area contributed by atoms with Gasteiger partial charge in [0.15, 0.2) is 0 Å². The Kier molecular flexibility index (Phi) is 4.27. The van der Waals surface area contributed by atoms with E-state index in [-0.39, 0.29) is 11.9 Å². The number of nitrogens with zero attached hydrogens (tertiary/aromatic N) is 3. The van der Waals surface area contributed by atoms with Crippen molar-refractivity contribution in [2.75, 3.05) is 6.54 Å². The fourth-order valence-electron chi connectivity index (χ4n) is 2.23. The maximum absolute atomic E-state index is 13.4. The molecule has 2 aromatic rings. The molecule has 0 aliphatic carbocycles. The Morgan fingerprint density at radius 1 is 1.32 bits per heavy atom. The van der Waals surface area contributed by atoms with Crippen molar-refractivity contribution in [2.45, 2.75) is 33.4 Å². The van der Waals surface area contributed by atoms with Gasteiger partial charge in [0, 0.05) is 12.7 Å². The van der Waals surface area contributed by atoms with Crippen LogP contribution in [0.25, 0.3) is 0 Å². The van der Waals surface area contributed by atoms with E-state index < -0.39 is 0 Å². The van der Waals surface area contributed by atoms with Gasteiger partial charge in [-0.05, 0) is 38.1 Å². The van der Waals surface area contributed by atoms with Crippen molar-refractivity contribution in [3.63, 3.8) is 0 Å². The summed E-state index contributed by atoms with van der Waals surface area (Å²) >= 11 is 0. The number of rotatable bonds is 5. The smallest absolute Gasteiger partial charge is 0.141 e. The average Bonchev–Trinajstić information content (AvgIpc) is 2.77. The summed E-state index contributed by atoms with van der Waals surface area (Å²) in [5, 5.41) is 7.81. The molecule has 1 unspecified atom stereocenters. The standard InChI is InChI=1S/C14H19FN4/c1-4-17-14(11-7-12(15)9-16-8-11)13-6-10(3)18-19(13)5-2/h6-9,14,17H,4-5H2,1-3H3. The number of hydrogen-bond donors (Lipinski definition) is 1. The van der Waals surface area contributed by atoms with Crippen LogP contribution < -0.4 is 5.32 Å². The van der Waals surface area contributed by atoms with Crippen LogP contribution in [-0.2, 0) is 6.54 Å². The van der Waals surface area contributed by atoms with E-state index in [4.69, 9.17) is 0 Å². The second-order valence-electron chi connectivity index (χ2n) is 4.45. The molecule has 2 rings (SSSR count). The molecule has 0 aromatic carbocycles. The predicted molar refractivity (Wildman–Crippen MR) is 72.4 cm³/mol. The molecule has 0 aliphatic rings. The summed E-state index contributed by atoms with van der Waals surface area (Å²) in [6, 6.07) is 3.46. The molecule has 1 atom stereocenters. The Hall–Kier alpha value is -1.75. The Morgan fingerprint density at radius 2 is 2.11 bits per heavy atom. The Morgan fingerprint density at radius 3 is 2.74 bits per heavy atom. The van der Waals surface area contributed by atoms with Crippen molar-refractivity contribution in [3.05, 3.63) is 47.3 Å². The summed E-state index contributed by atoms with van der Waals surface area (Å²) in [7, 11) is 0. The Bertz CT molecular complexity index is 550. The molecule has 19 heavy (non-hydrogen) atoms. The molecule has 0 radical (unpaired) electrons. The van der Waals surface area contributed by atoms with Crippen LogP contribution in [-0.4, -0.2) is 21.3 Å². The third-order valence-electron chi connectivity index (χ3n) is 3.00. The zero-order valence-corrected chi connectivity index (χ0v) is 11.5. The van der Waals surface area contributed by atoms with E-state index in [9.17, 15) is 4.39 Å². The second-order valence-corrected chi connectivity index (χ2v) is 4.45. The zero-order chi connectivity index (χ0) is 13.8. The monoisotopic (exact) mass is 262 g/mol. The lowest BCUT2D eigenvalue weighted by Crippen LogP contribution is -2.25. The van der Waals surface area contributed by atoms with Gasteiger partial charge in [-0.15, -0.1) is 0 Å². The van der Waals surface area contributed by atoms with Gasteiger partial charge in [-0.3, -0.25) is 9.67 Å². The first kappa shape index (κ1) is 13.7. The number of aryl methyl sites for hydroxylation is 2. The normalized spacial score (nSPS) is 12.6.